The molecule has 1 heterocycles. The van der Waals surface area contributed by atoms with Gasteiger partial charge in [-0.2, -0.15) is 5.10 Å². The normalized spacial score (nSPS) is 12.9. The van der Waals surface area contributed by atoms with E-state index in [-0.39, 0.29) is 5.92 Å². The molecule has 4 rings (SSSR count). The van der Waals surface area contributed by atoms with Crippen molar-refractivity contribution in [1.29, 1.82) is 0 Å². The SMILES string of the molecule is CC(C)Cn1cc(C=CCNC(=O)OCC2c3ccccc3-c3ccccc32)cn1. The van der Waals surface area contributed by atoms with Crippen molar-refractivity contribution in [3.63, 3.8) is 0 Å². The molecule has 0 radical (unpaired) electrons. The molecule has 0 saturated carbocycles. The van der Waals surface area contributed by atoms with Gasteiger partial charge >= 0.3 is 6.09 Å². The standard InChI is InChI=1S/C25H27N3O2/c1-18(2)15-28-16-19(14-27-28)8-7-13-26-25(29)30-17-24-22-11-5-3-9-20(22)21-10-4-6-12-23(21)24/h3-12,14,16,18,24H,13,15,17H2,1-2H3,(H,26,29). The zero-order valence-corrected chi connectivity index (χ0v) is 17.4. The lowest BCUT2D eigenvalue weighted by molar-refractivity contribution is 0.144. The molecule has 0 spiro atoms. The third-order valence-electron chi connectivity index (χ3n) is 5.22. The Morgan fingerprint density at radius 1 is 1.13 bits per heavy atom. The first-order valence-electron chi connectivity index (χ1n) is 10.4. The summed E-state index contributed by atoms with van der Waals surface area (Å²) >= 11 is 0. The molecule has 3 aromatic rings. The van der Waals surface area contributed by atoms with Gasteiger partial charge in [0.25, 0.3) is 0 Å². The van der Waals surface area contributed by atoms with Crippen molar-refractivity contribution in [1.82, 2.24) is 15.1 Å². The van der Waals surface area contributed by atoms with Gasteiger partial charge in [-0.05, 0) is 28.2 Å². The Bertz CT molecular complexity index is 1010. The van der Waals surface area contributed by atoms with Gasteiger partial charge in [0.15, 0.2) is 0 Å². The van der Waals surface area contributed by atoms with E-state index < -0.39 is 6.09 Å². The number of rotatable bonds is 7. The second-order valence-electron chi connectivity index (χ2n) is 8.00. The number of fused-ring (bicyclic) bond motifs is 3. The van der Waals surface area contributed by atoms with Crippen LogP contribution in [0.4, 0.5) is 4.79 Å². The van der Waals surface area contributed by atoms with Crippen LogP contribution in [0.1, 0.15) is 36.5 Å². The maximum absolute atomic E-state index is 12.2. The Morgan fingerprint density at radius 3 is 2.47 bits per heavy atom. The molecule has 1 aliphatic rings. The van der Waals surface area contributed by atoms with E-state index in [4.69, 9.17) is 4.74 Å². The third-order valence-corrected chi connectivity index (χ3v) is 5.22. The predicted molar refractivity (Wildman–Crippen MR) is 119 cm³/mol. The van der Waals surface area contributed by atoms with Gasteiger partial charge in [-0.15, -0.1) is 0 Å². The molecule has 30 heavy (non-hydrogen) atoms. The summed E-state index contributed by atoms with van der Waals surface area (Å²) in [5, 5.41) is 7.12. The van der Waals surface area contributed by atoms with Crippen LogP contribution >= 0.6 is 0 Å². The average molecular weight is 402 g/mol. The Labute approximate surface area is 177 Å². The van der Waals surface area contributed by atoms with Crippen LogP contribution in [0.5, 0.6) is 0 Å². The fraction of sp³-hybridized carbons (Fsp3) is 0.280. The van der Waals surface area contributed by atoms with Crippen molar-refractivity contribution >= 4 is 12.2 Å². The predicted octanol–water partition coefficient (Wildman–Crippen LogP) is 5.09. The first-order valence-corrected chi connectivity index (χ1v) is 10.4. The maximum Gasteiger partial charge on any atom is 0.407 e. The Hall–Kier alpha value is -3.34. The molecule has 1 aromatic heterocycles. The van der Waals surface area contributed by atoms with Crippen molar-refractivity contribution in [3.05, 3.63) is 83.7 Å². The highest BCUT2D eigenvalue weighted by Gasteiger charge is 2.28. The Balaban J connectivity index is 1.29. The van der Waals surface area contributed by atoms with Crippen molar-refractivity contribution in [2.45, 2.75) is 26.3 Å². The van der Waals surface area contributed by atoms with Crippen molar-refractivity contribution in [2.75, 3.05) is 13.2 Å². The fourth-order valence-electron chi connectivity index (χ4n) is 3.93. The minimum Gasteiger partial charge on any atom is -0.449 e. The molecule has 1 amide bonds. The number of carbonyl (C=O) groups is 1. The maximum atomic E-state index is 12.2. The Morgan fingerprint density at radius 2 is 1.80 bits per heavy atom. The van der Waals surface area contributed by atoms with Gasteiger partial charge in [-0.25, -0.2) is 4.79 Å². The van der Waals surface area contributed by atoms with Crippen LogP contribution in [-0.2, 0) is 11.3 Å². The van der Waals surface area contributed by atoms with E-state index in [0.29, 0.717) is 19.1 Å². The molecule has 0 aliphatic heterocycles. The number of hydrogen-bond donors (Lipinski definition) is 1. The molecule has 0 bridgehead atoms. The van der Waals surface area contributed by atoms with Crippen LogP contribution in [0.3, 0.4) is 0 Å². The van der Waals surface area contributed by atoms with Gasteiger partial charge in [-0.3, -0.25) is 4.68 Å². The summed E-state index contributed by atoms with van der Waals surface area (Å²) < 4.78 is 7.47. The summed E-state index contributed by atoms with van der Waals surface area (Å²) in [6.07, 6.45) is 7.28. The first-order chi connectivity index (χ1) is 14.6. The minimum atomic E-state index is -0.406. The topological polar surface area (TPSA) is 56.2 Å². The lowest BCUT2D eigenvalue weighted by Gasteiger charge is -2.14. The summed E-state index contributed by atoms with van der Waals surface area (Å²) in [7, 11) is 0. The van der Waals surface area contributed by atoms with Gasteiger partial charge in [0.05, 0.1) is 6.20 Å². The minimum absolute atomic E-state index is 0.0745. The average Bonchev–Trinajstić information content (AvgIpc) is 3.31. The molecule has 154 valence electrons. The second kappa shape index (κ2) is 8.99. The van der Waals surface area contributed by atoms with E-state index in [2.05, 4.69) is 48.5 Å². The van der Waals surface area contributed by atoms with E-state index >= 15 is 0 Å². The molecule has 5 heteroatoms. The fourth-order valence-corrected chi connectivity index (χ4v) is 3.93. The molecule has 5 nitrogen and oxygen atoms in total. The van der Waals surface area contributed by atoms with Crippen LogP contribution in [0.25, 0.3) is 17.2 Å². The number of nitrogens with zero attached hydrogens (tertiary/aromatic N) is 2. The monoisotopic (exact) mass is 401 g/mol. The smallest absolute Gasteiger partial charge is 0.407 e. The van der Waals surface area contributed by atoms with Crippen LogP contribution in [-0.4, -0.2) is 29.0 Å². The van der Waals surface area contributed by atoms with Gasteiger partial charge < -0.3 is 10.1 Å². The van der Waals surface area contributed by atoms with Gasteiger partial charge in [0.2, 0.25) is 0 Å². The first kappa shape index (κ1) is 20.0. The summed E-state index contributed by atoms with van der Waals surface area (Å²) in [6, 6.07) is 16.6. The van der Waals surface area contributed by atoms with E-state index in [1.54, 1.807) is 0 Å². The zero-order chi connectivity index (χ0) is 20.9. The largest absolute Gasteiger partial charge is 0.449 e. The molecule has 0 unspecified atom stereocenters. The van der Waals surface area contributed by atoms with Gasteiger partial charge in [0, 0.05) is 30.8 Å². The van der Waals surface area contributed by atoms with E-state index in [1.165, 1.54) is 22.3 Å². The molecule has 0 atom stereocenters. The number of alkyl carbamates (subject to hydrolysis) is 1. The summed E-state index contributed by atoms with van der Waals surface area (Å²) in [4.78, 5) is 12.2. The Kier molecular flexibility index (Phi) is 5.98. The van der Waals surface area contributed by atoms with Gasteiger partial charge in [-0.1, -0.05) is 74.5 Å². The third kappa shape index (κ3) is 4.46. The molecular weight excluding hydrogens is 374 g/mol. The van der Waals surface area contributed by atoms with E-state index in [9.17, 15) is 4.79 Å². The van der Waals surface area contributed by atoms with E-state index in [0.717, 1.165) is 12.1 Å². The lowest BCUT2D eigenvalue weighted by atomic mass is 9.98. The molecule has 1 N–H and O–H groups in total. The van der Waals surface area contributed by atoms with Crippen molar-refractivity contribution < 1.29 is 9.53 Å². The van der Waals surface area contributed by atoms with Crippen LogP contribution in [0.2, 0.25) is 0 Å². The summed E-state index contributed by atoms with van der Waals surface area (Å²) in [5.74, 6) is 0.627. The number of hydrogen-bond acceptors (Lipinski definition) is 3. The number of benzene rings is 2. The number of amides is 1. The summed E-state index contributed by atoms with van der Waals surface area (Å²) in [6.45, 7) is 5.95. The van der Waals surface area contributed by atoms with Crippen molar-refractivity contribution in [3.8, 4) is 11.1 Å². The van der Waals surface area contributed by atoms with Crippen LogP contribution < -0.4 is 5.32 Å². The van der Waals surface area contributed by atoms with Crippen LogP contribution in [0.15, 0.2) is 67.0 Å². The molecule has 1 aliphatic carbocycles. The zero-order valence-electron chi connectivity index (χ0n) is 17.4. The highest BCUT2D eigenvalue weighted by Crippen LogP contribution is 2.44. The lowest BCUT2D eigenvalue weighted by Crippen LogP contribution is -2.26. The molecular formula is C25H27N3O2. The van der Waals surface area contributed by atoms with Gasteiger partial charge in [0.1, 0.15) is 6.61 Å². The number of nitrogens with one attached hydrogen (secondary N) is 1. The number of carbonyl (C=O) groups excluding carboxylic acids is 1. The number of aromatic nitrogens is 2. The highest BCUT2D eigenvalue weighted by atomic mass is 16.5. The molecule has 2 aromatic carbocycles. The second-order valence-corrected chi connectivity index (χ2v) is 8.00. The van der Waals surface area contributed by atoms with Crippen LogP contribution in [0, 0.1) is 5.92 Å². The van der Waals surface area contributed by atoms with Crippen molar-refractivity contribution in [2.24, 2.45) is 5.92 Å². The molecule has 0 saturated heterocycles. The highest BCUT2D eigenvalue weighted by molar-refractivity contribution is 5.79. The summed E-state index contributed by atoms with van der Waals surface area (Å²) in [5.41, 5.74) is 5.89. The molecule has 0 fully saturated rings. The van der Waals surface area contributed by atoms with E-state index in [1.807, 2.05) is 53.5 Å². The quantitative estimate of drug-likeness (QED) is 0.600. The number of ether oxygens (including phenoxy) is 1.